The molecule has 25 heavy (non-hydrogen) atoms. The van der Waals surface area contributed by atoms with Gasteiger partial charge in [0.25, 0.3) is 5.91 Å². The van der Waals surface area contributed by atoms with Crippen LogP contribution < -0.4 is 10.9 Å². The first-order chi connectivity index (χ1) is 12.3. The molecule has 5 rings (SSSR count). The molecule has 2 aliphatic carbocycles. The smallest absolute Gasteiger partial charge is 0.269 e. The second-order valence-corrected chi connectivity index (χ2v) is 6.85. The lowest BCUT2D eigenvalue weighted by molar-refractivity contribution is 0.0963. The van der Waals surface area contributed by atoms with Crippen molar-refractivity contribution in [3.05, 3.63) is 65.5 Å². The molecular weight excluding hydrogens is 312 g/mol. The van der Waals surface area contributed by atoms with Crippen molar-refractivity contribution in [2.75, 3.05) is 5.43 Å². The molecule has 2 atom stereocenters. The SMILES string of the molecule is O=C(NNc1ccccc1)c1ccc2nc3c(nc2c1)C1CCC3C1. The number of nitrogens with one attached hydrogen (secondary N) is 2. The Morgan fingerprint density at radius 2 is 1.64 bits per heavy atom. The Hall–Kier alpha value is -2.95. The molecule has 5 nitrogen and oxygen atoms in total. The van der Waals surface area contributed by atoms with Crippen LogP contribution in [-0.2, 0) is 0 Å². The van der Waals surface area contributed by atoms with E-state index in [1.807, 2.05) is 42.5 Å². The third kappa shape index (κ3) is 2.43. The van der Waals surface area contributed by atoms with Crippen LogP contribution in [0.2, 0.25) is 0 Å². The Morgan fingerprint density at radius 1 is 0.920 bits per heavy atom. The highest BCUT2D eigenvalue weighted by atomic mass is 16.2. The van der Waals surface area contributed by atoms with Crippen molar-refractivity contribution in [1.82, 2.24) is 15.4 Å². The molecule has 2 aliphatic rings. The highest BCUT2D eigenvalue weighted by Crippen LogP contribution is 2.51. The van der Waals surface area contributed by atoms with Gasteiger partial charge in [0.15, 0.2) is 0 Å². The van der Waals surface area contributed by atoms with Gasteiger partial charge in [-0.3, -0.25) is 15.6 Å². The monoisotopic (exact) mass is 330 g/mol. The lowest BCUT2D eigenvalue weighted by Gasteiger charge is -2.14. The second-order valence-electron chi connectivity index (χ2n) is 6.85. The summed E-state index contributed by atoms with van der Waals surface area (Å²) in [6.07, 6.45) is 3.66. The number of anilines is 1. The lowest BCUT2D eigenvalue weighted by atomic mass is 10.00. The lowest BCUT2D eigenvalue weighted by Crippen LogP contribution is -2.29. The number of para-hydroxylation sites is 1. The first kappa shape index (κ1) is 14.4. The zero-order valence-electron chi connectivity index (χ0n) is 13.7. The van der Waals surface area contributed by atoms with Gasteiger partial charge < -0.3 is 0 Å². The highest BCUT2D eigenvalue weighted by Gasteiger charge is 2.39. The molecule has 3 aromatic rings. The molecule has 124 valence electrons. The number of hydrogen-bond donors (Lipinski definition) is 2. The topological polar surface area (TPSA) is 66.9 Å². The van der Waals surface area contributed by atoms with Crippen molar-refractivity contribution in [3.63, 3.8) is 0 Å². The van der Waals surface area contributed by atoms with Gasteiger partial charge in [-0.25, -0.2) is 9.97 Å². The van der Waals surface area contributed by atoms with E-state index in [-0.39, 0.29) is 5.91 Å². The Balaban J connectivity index is 1.41. The molecule has 0 saturated heterocycles. The second kappa shape index (κ2) is 5.55. The van der Waals surface area contributed by atoms with Gasteiger partial charge in [0.2, 0.25) is 0 Å². The predicted octanol–water partition coefficient (Wildman–Crippen LogP) is 3.75. The fraction of sp³-hybridized carbons (Fsp3) is 0.250. The van der Waals surface area contributed by atoms with Gasteiger partial charge in [-0.2, -0.15) is 0 Å². The fourth-order valence-electron chi connectivity index (χ4n) is 4.02. The Morgan fingerprint density at radius 3 is 2.40 bits per heavy atom. The van der Waals surface area contributed by atoms with Gasteiger partial charge in [-0.15, -0.1) is 0 Å². The van der Waals surface area contributed by atoms with Crippen LogP contribution in [-0.4, -0.2) is 15.9 Å². The molecule has 2 bridgehead atoms. The van der Waals surface area contributed by atoms with Crippen molar-refractivity contribution in [1.29, 1.82) is 0 Å². The van der Waals surface area contributed by atoms with Crippen LogP contribution in [0.15, 0.2) is 48.5 Å². The van der Waals surface area contributed by atoms with Gasteiger partial charge in [0, 0.05) is 17.4 Å². The largest absolute Gasteiger partial charge is 0.298 e. The summed E-state index contributed by atoms with van der Waals surface area (Å²) in [5.74, 6) is 0.971. The van der Waals surface area contributed by atoms with Crippen LogP contribution in [0.5, 0.6) is 0 Å². The van der Waals surface area contributed by atoms with Crippen LogP contribution in [0.1, 0.15) is 52.8 Å². The van der Waals surface area contributed by atoms with Crippen LogP contribution in [0.25, 0.3) is 11.0 Å². The maximum absolute atomic E-state index is 12.4. The number of rotatable bonds is 3. The summed E-state index contributed by atoms with van der Waals surface area (Å²) >= 11 is 0. The summed E-state index contributed by atoms with van der Waals surface area (Å²) in [4.78, 5) is 22.1. The Labute approximate surface area is 145 Å². The Kier molecular flexibility index (Phi) is 3.20. The van der Waals surface area contributed by atoms with E-state index in [1.54, 1.807) is 6.07 Å². The Bertz CT molecular complexity index is 970. The summed E-state index contributed by atoms with van der Waals surface area (Å²) in [5.41, 5.74) is 11.1. The fourth-order valence-corrected chi connectivity index (χ4v) is 4.02. The average molecular weight is 330 g/mol. The molecule has 0 aliphatic heterocycles. The molecule has 1 saturated carbocycles. The number of benzene rings is 2. The van der Waals surface area contributed by atoms with Crippen molar-refractivity contribution in [3.8, 4) is 0 Å². The van der Waals surface area contributed by atoms with E-state index in [4.69, 9.17) is 9.97 Å². The number of carbonyl (C=O) groups excluding carboxylic acids is 1. The molecule has 1 heterocycles. The zero-order chi connectivity index (χ0) is 16.8. The molecule has 2 aromatic carbocycles. The number of hydrogen-bond acceptors (Lipinski definition) is 4. The van der Waals surface area contributed by atoms with E-state index in [2.05, 4.69) is 10.9 Å². The molecule has 1 amide bonds. The van der Waals surface area contributed by atoms with Crippen LogP contribution in [0, 0.1) is 0 Å². The molecule has 0 radical (unpaired) electrons. The van der Waals surface area contributed by atoms with E-state index < -0.39 is 0 Å². The van der Waals surface area contributed by atoms with E-state index in [1.165, 1.54) is 25.0 Å². The standard InChI is InChI=1S/C20H18N4O/c25-20(24-23-15-4-2-1-3-5-15)14-8-9-16-17(11-14)22-19-13-7-6-12(10-13)18(19)21-16/h1-5,8-9,11-13,23H,6-7,10H2,(H,24,25). The summed E-state index contributed by atoms with van der Waals surface area (Å²) in [6, 6.07) is 15.1. The summed E-state index contributed by atoms with van der Waals surface area (Å²) in [7, 11) is 0. The van der Waals surface area contributed by atoms with Crippen LogP contribution in [0.3, 0.4) is 0 Å². The predicted molar refractivity (Wildman–Crippen MR) is 96.4 cm³/mol. The minimum Gasteiger partial charge on any atom is -0.298 e. The van der Waals surface area contributed by atoms with Crippen molar-refractivity contribution in [2.24, 2.45) is 0 Å². The first-order valence-corrected chi connectivity index (χ1v) is 8.71. The molecule has 1 aromatic heterocycles. The van der Waals surface area contributed by atoms with Crippen molar-refractivity contribution in [2.45, 2.75) is 31.1 Å². The van der Waals surface area contributed by atoms with Gasteiger partial charge in [0.1, 0.15) is 0 Å². The number of fused-ring (bicyclic) bond motifs is 6. The maximum atomic E-state index is 12.4. The third-order valence-electron chi connectivity index (χ3n) is 5.28. The summed E-state index contributed by atoms with van der Waals surface area (Å²) in [5, 5.41) is 0. The van der Waals surface area contributed by atoms with E-state index >= 15 is 0 Å². The minimum absolute atomic E-state index is 0.186. The van der Waals surface area contributed by atoms with Gasteiger partial charge in [0.05, 0.1) is 28.1 Å². The van der Waals surface area contributed by atoms with Crippen LogP contribution >= 0.6 is 0 Å². The number of aromatic nitrogens is 2. The third-order valence-corrected chi connectivity index (χ3v) is 5.28. The molecule has 5 heteroatoms. The highest BCUT2D eigenvalue weighted by molar-refractivity contribution is 5.97. The molecule has 1 fully saturated rings. The summed E-state index contributed by atoms with van der Waals surface area (Å²) in [6.45, 7) is 0. The van der Waals surface area contributed by atoms with E-state index in [0.717, 1.165) is 22.4 Å². The van der Waals surface area contributed by atoms with E-state index in [9.17, 15) is 4.79 Å². The molecule has 2 N–H and O–H groups in total. The number of nitrogens with zero attached hydrogens (tertiary/aromatic N) is 2. The number of amides is 1. The normalized spacial score (nSPS) is 20.5. The first-order valence-electron chi connectivity index (χ1n) is 8.71. The van der Waals surface area contributed by atoms with Crippen molar-refractivity contribution < 1.29 is 4.79 Å². The number of carbonyl (C=O) groups is 1. The molecular formula is C20H18N4O. The van der Waals surface area contributed by atoms with Gasteiger partial charge in [-0.1, -0.05) is 18.2 Å². The summed E-state index contributed by atoms with van der Waals surface area (Å²) < 4.78 is 0. The quantitative estimate of drug-likeness (QED) is 0.718. The van der Waals surface area contributed by atoms with Gasteiger partial charge in [-0.05, 0) is 49.6 Å². The van der Waals surface area contributed by atoms with E-state index in [0.29, 0.717) is 17.4 Å². The zero-order valence-corrected chi connectivity index (χ0v) is 13.7. The van der Waals surface area contributed by atoms with Gasteiger partial charge >= 0.3 is 0 Å². The molecule has 0 spiro atoms. The average Bonchev–Trinajstić information content (AvgIpc) is 3.27. The van der Waals surface area contributed by atoms with Crippen molar-refractivity contribution >= 4 is 22.6 Å². The maximum Gasteiger partial charge on any atom is 0.269 e. The van der Waals surface area contributed by atoms with Crippen LogP contribution in [0.4, 0.5) is 5.69 Å². The number of hydrazine groups is 1. The molecule has 2 unspecified atom stereocenters. The minimum atomic E-state index is -0.186.